The zero-order valence-electron chi connectivity index (χ0n) is 8.44. The van der Waals surface area contributed by atoms with E-state index in [1.54, 1.807) is 0 Å². The van der Waals surface area contributed by atoms with Crippen molar-refractivity contribution in [2.24, 2.45) is 5.73 Å². The third-order valence-corrected chi connectivity index (χ3v) is 3.21. The molecule has 2 rings (SSSR count). The van der Waals surface area contributed by atoms with Crippen molar-refractivity contribution in [1.29, 1.82) is 0 Å². The molecule has 0 fully saturated rings. The fraction of sp³-hybridized carbons (Fsp3) is 0.455. The minimum absolute atomic E-state index is 0.236. The van der Waals surface area contributed by atoms with Crippen LogP contribution in [0.2, 0.25) is 5.02 Å². The average molecular weight is 250 g/mol. The van der Waals surface area contributed by atoms with Gasteiger partial charge in [0, 0.05) is 6.04 Å². The Bertz CT molecular complexity index is 414. The monoisotopic (exact) mass is 249 g/mol. The molecule has 88 valence electrons. The molecular formula is C11H11ClF3N. The van der Waals surface area contributed by atoms with Crippen molar-refractivity contribution < 1.29 is 13.2 Å². The standard InChI is InChI=1S/C11H11ClF3N/c12-9-4-6-2-1-3-10(16)7(6)5-8(9)11(13,14)15/h4-5,10H,1-3,16H2/t10-/m0/s1. The topological polar surface area (TPSA) is 26.0 Å². The maximum atomic E-state index is 12.6. The maximum absolute atomic E-state index is 12.6. The molecule has 0 unspecified atom stereocenters. The Morgan fingerprint density at radius 2 is 2.00 bits per heavy atom. The Morgan fingerprint density at radius 3 is 2.62 bits per heavy atom. The highest BCUT2D eigenvalue weighted by Gasteiger charge is 2.34. The molecular weight excluding hydrogens is 239 g/mol. The van der Waals surface area contributed by atoms with E-state index < -0.39 is 11.7 Å². The maximum Gasteiger partial charge on any atom is 0.417 e. The summed E-state index contributed by atoms with van der Waals surface area (Å²) in [7, 11) is 0. The van der Waals surface area contributed by atoms with E-state index in [0.29, 0.717) is 5.56 Å². The van der Waals surface area contributed by atoms with Gasteiger partial charge in [-0.2, -0.15) is 13.2 Å². The molecule has 0 radical (unpaired) electrons. The minimum atomic E-state index is -4.41. The summed E-state index contributed by atoms with van der Waals surface area (Å²) in [5.41, 5.74) is 6.44. The number of nitrogens with two attached hydrogens (primary N) is 1. The SMILES string of the molecule is N[C@H]1CCCc2cc(Cl)c(C(F)(F)F)cc21. The number of halogens is 4. The number of fused-ring (bicyclic) bond motifs is 1. The first kappa shape index (κ1) is 11.7. The molecule has 1 aromatic rings. The van der Waals surface area contributed by atoms with Crippen LogP contribution in [0.1, 0.15) is 35.6 Å². The lowest BCUT2D eigenvalue weighted by atomic mass is 9.87. The molecule has 2 N–H and O–H groups in total. The predicted octanol–water partition coefficient (Wildman–Crippen LogP) is 3.69. The van der Waals surface area contributed by atoms with Crippen molar-refractivity contribution in [3.63, 3.8) is 0 Å². The molecule has 1 atom stereocenters. The number of alkyl halides is 3. The lowest BCUT2D eigenvalue weighted by Gasteiger charge is -2.24. The van der Waals surface area contributed by atoms with Crippen LogP contribution in [0.15, 0.2) is 12.1 Å². The van der Waals surface area contributed by atoms with Crippen molar-refractivity contribution in [1.82, 2.24) is 0 Å². The molecule has 1 aliphatic carbocycles. The zero-order chi connectivity index (χ0) is 11.9. The Labute approximate surface area is 96.4 Å². The second kappa shape index (κ2) is 3.93. The minimum Gasteiger partial charge on any atom is -0.324 e. The molecule has 0 bridgehead atoms. The Hall–Kier alpha value is -0.740. The van der Waals surface area contributed by atoms with E-state index in [9.17, 15) is 13.2 Å². The van der Waals surface area contributed by atoms with E-state index in [2.05, 4.69) is 0 Å². The van der Waals surface area contributed by atoms with E-state index >= 15 is 0 Å². The summed E-state index contributed by atoms with van der Waals surface area (Å²) in [5.74, 6) is 0. The molecule has 0 aromatic heterocycles. The largest absolute Gasteiger partial charge is 0.417 e. The van der Waals surface area contributed by atoms with E-state index in [0.717, 1.165) is 30.9 Å². The van der Waals surface area contributed by atoms with Gasteiger partial charge in [-0.1, -0.05) is 11.6 Å². The van der Waals surface area contributed by atoms with Crippen LogP contribution in [0.4, 0.5) is 13.2 Å². The summed E-state index contributed by atoms with van der Waals surface area (Å²) >= 11 is 5.63. The van der Waals surface area contributed by atoms with E-state index in [1.807, 2.05) is 0 Å². The van der Waals surface area contributed by atoms with Crippen molar-refractivity contribution in [2.75, 3.05) is 0 Å². The highest BCUT2D eigenvalue weighted by Crippen LogP contribution is 2.39. The molecule has 1 aliphatic rings. The summed E-state index contributed by atoms with van der Waals surface area (Å²) in [6.45, 7) is 0. The highest BCUT2D eigenvalue weighted by atomic mass is 35.5. The predicted molar refractivity (Wildman–Crippen MR) is 56.3 cm³/mol. The second-order valence-corrected chi connectivity index (χ2v) is 4.43. The molecule has 1 aromatic carbocycles. The van der Waals surface area contributed by atoms with Crippen LogP contribution >= 0.6 is 11.6 Å². The van der Waals surface area contributed by atoms with Gasteiger partial charge in [0.1, 0.15) is 0 Å². The smallest absolute Gasteiger partial charge is 0.324 e. The van der Waals surface area contributed by atoms with E-state index in [4.69, 9.17) is 17.3 Å². The van der Waals surface area contributed by atoms with Gasteiger partial charge in [-0.15, -0.1) is 0 Å². The lowest BCUT2D eigenvalue weighted by molar-refractivity contribution is -0.137. The Kier molecular flexibility index (Phi) is 2.88. The van der Waals surface area contributed by atoms with Gasteiger partial charge in [0.05, 0.1) is 10.6 Å². The van der Waals surface area contributed by atoms with Crippen molar-refractivity contribution in [2.45, 2.75) is 31.5 Å². The number of benzene rings is 1. The fourth-order valence-corrected chi connectivity index (χ4v) is 2.37. The number of hydrogen-bond donors (Lipinski definition) is 1. The van der Waals surface area contributed by atoms with Gasteiger partial charge in [0.15, 0.2) is 0 Å². The number of hydrogen-bond acceptors (Lipinski definition) is 1. The summed E-state index contributed by atoms with van der Waals surface area (Å²) in [6.07, 6.45) is -2.04. The molecule has 0 saturated carbocycles. The molecule has 5 heteroatoms. The lowest BCUT2D eigenvalue weighted by Crippen LogP contribution is -2.19. The summed E-state index contributed by atoms with van der Waals surface area (Å²) < 4.78 is 37.9. The highest BCUT2D eigenvalue weighted by molar-refractivity contribution is 6.31. The first-order chi connectivity index (χ1) is 7.39. The third-order valence-electron chi connectivity index (χ3n) is 2.90. The molecule has 0 heterocycles. The zero-order valence-corrected chi connectivity index (χ0v) is 9.20. The third kappa shape index (κ3) is 2.04. The number of rotatable bonds is 0. The summed E-state index contributed by atoms with van der Waals surface area (Å²) in [5, 5.41) is -0.236. The van der Waals surface area contributed by atoms with E-state index in [1.165, 1.54) is 6.07 Å². The molecule has 0 amide bonds. The van der Waals surface area contributed by atoms with Crippen LogP contribution in [-0.4, -0.2) is 0 Å². The van der Waals surface area contributed by atoms with Crippen LogP contribution in [0.5, 0.6) is 0 Å². The van der Waals surface area contributed by atoms with Crippen molar-refractivity contribution in [3.05, 3.63) is 33.8 Å². The molecule has 16 heavy (non-hydrogen) atoms. The van der Waals surface area contributed by atoms with Gasteiger partial charge >= 0.3 is 6.18 Å². The van der Waals surface area contributed by atoms with E-state index in [-0.39, 0.29) is 11.1 Å². The van der Waals surface area contributed by atoms with Gasteiger partial charge in [-0.05, 0) is 42.5 Å². The first-order valence-corrected chi connectivity index (χ1v) is 5.42. The quantitative estimate of drug-likeness (QED) is 0.746. The van der Waals surface area contributed by atoms with Crippen LogP contribution in [0.3, 0.4) is 0 Å². The van der Waals surface area contributed by atoms with Gasteiger partial charge in [-0.25, -0.2) is 0 Å². The van der Waals surface area contributed by atoms with Gasteiger partial charge in [0.2, 0.25) is 0 Å². The Balaban J connectivity index is 2.54. The molecule has 0 saturated heterocycles. The fourth-order valence-electron chi connectivity index (χ4n) is 2.08. The number of aryl methyl sites for hydroxylation is 1. The summed E-state index contributed by atoms with van der Waals surface area (Å²) in [6, 6.07) is 2.20. The Morgan fingerprint density at radius 1 is 1.31 bits per heavy atom. The van der Waals surface area contributed by atoms with Crippen molar-refractivity contribution in [3.8, 4) is 0 Å². The van der Waals surface area contributed by atoms with Gasteiger partial charge in [0.25, 0.3) is 0 Å². The normalized spacial score (nSPS) is 20.7. The van der Waals surface area contributed by atoms with Crippen molar-refractivity contribution >= 4 is 11.6 Å². The van der Waals surface area contributed by atoms with Crippen LogP contribution < -0.4 is 5.73 Å². The summed E-state index contributed by atoms with van der Waals surface area (Å²) in [4.78, 5) is 0. The van der Waals surface area contributed by atoms with Gasteiger partial charge < -0.3 is 5.73 Å². The van der Waals surface area contributed by atoms with Gasteiger partial charge in [-0.3, -0.25) is 0 Å². The average Bonchev–Trinajstić information content (AvgIpc) is 2.15. The second-order valence-electron chi connectivity index (χ2n) is 4.03. The first-order valence-electron chi connectivity index (χ1n) is 5.04. The molecule has 0 spiro atoms. The molecule has 1 nitrogen and oxygen atoms in total. The van der Waals surface area contributed by atoms with Crippen LogP contribution in [-0.2, 0) is 12.6 Å². The van der Waals surface area contributed by atoms with Crippen LogP contribution in [0.25, 0.3) is 0 Å². The molecule has 0 aliphatic heterocycles. The van der Waals surface area contributed by atoms with Crippen LogP contribution in [0, 0.1) is 0 Å².